The minimum absolute atomic E-state index is 0.316. The molecule has 0 spiro atoms. The number of hydrogen-bond acceptors (Lipinski definition) is 4. The van der Waals surface area contributed by atoms with Gasteiger partial charge < -0.3 is 10.2 Å². The molecule has 0 fully saturated rings. The summed E-state index contributed by atoms with van der Waals surface area (Å²) in [6, 6.07) is -0.317. The summed E-state index contributed by atoms with van der Waals surface area (Å²) >= 11 is 0. The Morgan fingerprint density at radius 1 is 1.25 bits per heavy atom. The Balaban J connectivity index is 3.10. The van der Waals surface area contributed by atoms with Gasteiger partial charge in [-0.1, -0.05) is 0 Å². The quantitative estimate of drug-likeness (QED) is 0.776. The van der Waals surface area contributed by atoms with Gasteiger partial charge in [-0.3, -0.25) is 19.2 Å². The van der Waals surface area contributed by atoms with Gasteiger partial charge in [-0.25, -0.2) is 0 Å². The standard InChI is InChI=1S/C13H21N3O4/c1-5-16-10(4)13(8(2)14-16)9(3)15(6-11(17)18)7-12(19)20/h9H,5-7H2,1-4H3,(H,17,18)(H,19,20). The molecule has 0 aliphatic carbocycles. The molecule has 0 saturated carbocycles. The number of carbonyl (C=O) groups is 2. The van der Waals surface area contributed by atoms with Crippen LogP contribution in [0.2, 0.25) is 0 Å². The van der Waals surface area contributed by atoms with Gasteiger partial charge in [0.25, 0.3) is 0 Å². The number of aliphatic carboxylic acids is 2. The molecule has 0 aliphatic rings. The summed E-state index contributed by atoms with van der Waals surface area (Å²) in [7, 11) is 0. The summed E-state index contributed by atoms with van der Waals surface area (Å²) in [5.74, 6) is -2.09. The lowest BCUT2D eigenvalue weighted by molar-refractivity contribution is -0.142. The minimum atomic E-state index is -1.05. The molecule has 1 rings (SSSR count). The number of hydrogen-bond donors (Lipinski definition) is 2. The van der Waals surface area contributed by atoms with Gasteiger partial charge in [-0.15, -0.1) is 0 Å². The Morgan fingerprint density at radius 3 is 2.10 bits per heavy atom. The fourth-order valence-electron chi connectivity index (χ4n) is 2.48. The van der Waals surface area contributed by atoms with Crippen molar-refractivity contribution in [1.29, 1.82) is 0 Å². The molecule has 0 aliphatic heterocycles. The average Bonchev–Trinajstić information content (AvgIpc) is 2.61. The number of nitrogens with zero attached hydrogens (tertiary/aromatic N) is 3. The van der Waals surface area contributed by atoms with Crippen LogP contribution in [0.4, 0.5) is 0 Å². The van der Waals surface area contributed by atoms with E-state index in [0.29, 0.717) is 0 Å². The highest BCUT2D eigenvalue weighted by Gasteiger charge is 2.25. The van der Waals surface area contributed by atoms with Crippen LogP contribution in [0, 0.1) is 13.8 Å². The second kappa shape index (κ2) is 6.51. The number of aromatic nitrogens is 2. The van der Waals surface area contributed by atoms with Gasteiger partial charge in [0.2, 0.25) is 0 Å². The Kier molecular flexibility index (Phi) is 5.26. The van der Waals surface area contributed by atoms with Crippen LogP contribution in [-0.4, -0.2) is 49.9 Å². The molecule has 0 amide bonds. The molecule has 1 atom stereocenters. The maximum absolute atomic E-state index is 10.9. The fourth-order valence-corrected chi connectivity index (χ4v) is 2.48. The molecule has 7 nitrogen and oxygen atoms in total. The molecule has 112 valence electrons. The summed E-state index contributed by atoms with van der Waals surface area (Å²) < 4.78 is 1.83. The molecule has 0 saturated heterocycles. The topological polar surface area (TPSA) is 95.7 Å². The minimum Gasteiger partial charge on any atom is -0.480 e. The lowest BCUT2D eigenvalue weighted by Crippen LogP contribution is -2.36. The van der Waals surface area contributed by atoms with Crippen LogP contribution in [-0.2, 0) is 16.1 Å². The van der Waals surface area contributed by atoms with Gasteiger partial charge >= 0.3 is 11.9 Å². The van der Waals surface area contributed by atoms with Crippen molar-refractivity contribution in [3.63, 3.8) is 0 Å². The summed E-state index contributed by atoms with van der Waals surface area (Å²) in [5.41, 5.74) is 2.64. The smallest absolute Gasteiger partial charge is 0.317 e. The zero-order valence-electron chi connectivity index (χ0n) is 12.3. The lowest BCUT2D eigenvalue weighted by atomic mass is 10.0. The van der Waals surface area contributed by atoms with Crippen LogP contribution in [0.1, 0.15) is 36.8 Å². The number of carboxylic acid groups (broad SMARTS) is 2. The van der Waals surface area contributed by atoms with Crippen LogP contribution in [0.25, 0.3) is 0 Å². The molecule has 1 heterocycles. The largest absolute Gasteiger partial charge is 0.480 e. The van der Waals surface area contributed by atoms with Crippen molar-refractivity contribution in [2.75, 3.05) is 13.1 Å². The van der Waals surface area contributed by atoms with Crippen LogP contribution in [0.15, 0.2) is 0 Å². The highest BCUT2D eigenvalue weighted by atomic mass is 16.4. The highest BCUT2D eigenvalue weighted by molar-refractivity contribution is 5.72. The maximum Gasteiger partial charge on any atom is 0.317 e. The van der Waals surface area contributed by atoms with E-state index in [1.165, 1.54) is 4.90 Å². The Labute approximate surface area is 117 Å². The van der Waals surface area contributed by atoms with Gasteiger partial charge in [-0.2, -0.15) is 5.10 Å². The fraction of sp³-hybridized carbons (Fsp3) is 0.615. The second-order valence-corrected chi connectivity index (χ2v) is 4.77. The van der Waals surface area contributed by atoms with Crippen LogP contribution in [0.5, 0.6) is 0 Å². The Bertz CT molecular complexity index is 494. The number of aryl methyl sites for hydroxylation is 2. The van der Waals surface area contributed by atoms with Crippen molar-refractivity contribution in [2.24, 2.45) is 0 Å². The SMILES string of the molecule is CCn1nc(C)c(C(C)N(CC(=O)O)CC(=O)O)c1C. The van der Waals surface area contributed by atoms with Crippen LogP contribution < -0.4 is 0 Å². The predicted octanol–water partition coefficient (Wildman–Crippen LogP) is 1.05. The Morgan fingerprint density at radius 2 is 1.75 bits per heavy atom. The Hall–Kier alpha value is -1.89. The average molecular weight is 283 g/mol. The highest BCUT2D eigenvalue weighted by Crippen LogP contribution is 2.26. The normalized spacial score (nSPS) is 12.7. The van der Waals surface area contributed by atoms with Crippen molar-refractivity contribution in [1.82, 2.24) is 14.7 Å². The third-order valence-electron chi connectivity index (χ3n) is 3.38. The zero-order valence-corrected chi connectivity index (χ0v) is 12.3. The van der Waals surface area contributed by atoms with Crippen LogP contribution in [0.3, 0.4) is 0 Å². The van der Waals surface area contributed by atoms with E-state index < -0.39 is 11.9 Å². The molecule has 0 aromatic carbocycles. The number of rotatable bonds is 7. The molecule has 7 heteroatoms. The molecule has 2 N–H and O–H groups in total. The summed E-state index contributed by atoms with van der Waals surface area (Å²) in [6.07, 6.45) is 0. The van der Waals surface area contributed by atoms with E-state index in [9.17, 15) is 9.59 Å². The monoisotopic (exact) mass is 283 g/mol. The van der Waals surface area contributed by atoms with Gasteiger partial charge in [0.05, 0.1) is 18.8 Å². The second-order valence-electron chi connectivity index (χ2n) is 4.77. The van der Waals surface area contributed by atoms with E-state index in [1.807, 2.05) is 32.4 Å². The molecular weight excluding hydrogens is 262 g/mol. The van der Waals surface area contributed by atoms with Crippen molar-refractivity contribution in [3.8, 4) is 0 Å². The summed E-state index contributed by atoms with van der Waals surface area (Å²) in [6.45, 7) is 7.63. The van der Waals surface area contributed by atoms with Crippen LogP contribution >= 0.6 is 0 Å². The van der Waals surface area contributed by atoms with E-state index in [2.05, 4.69) is 5.10 Å². The first-order valence-electron chi connectivity index (χ1n) is 6.49. The molecule has 0 bridgehead atoms. The predicted molar refractivity (Wildman–Crippen MR) is 72.6 cm³/mol. The molecule has 0 radical (unpaired) electrons. The number of carboxylic acids is 2. The van der Waals surface area contributed by atoms with Crippen molar-refractivity contribution >= 4 is 11.9 Å². The first kappa shape index (κ1) is 16.2. The third kappa shape index (κ3) is 3.57. The van der Waals surface area contributed by atoms with Gasteiger partial charge in [0, 0.05) is 23.8 Å². The van der Waals surface area contributed by atoms with Gasteiger partial charge in [-0.05, 0) is 27.7 Å². The first-order chi connectivity index (χ1) is 9.27. The zero-order chi connectivity index (χ0) is 15.4. The molecule has 1 aromatic rings. The van der Waals surface area contributed by atoms with Gasteiger partial charge in [0.15, 0.2) is 0 Å². The van der Waals surface area contributed by atoms with E-state index in [-0.39, 0.29) is 19.1 Å². The van der Waals surface area contributed by atoms with Gasteiger partial charge in [0.1, 0.15) is 0 Å². The molecular formula is C13H21N3O4. The van der Waals surface area contributed by atoms with Crippen molar-refractivity contribution in [2.45, 2.75) is 40.3 Å². The first-order valence-corrected chi connectivity index (χ1v) is 6.49. The van der Waals surface area contributed by atoms with E-state index in [0.717, 1.165) is 23.5 Å². The summed E-state index contributed by atoms with van der Waals surface area (Å²) in [4.78, 5) is 23.2. The molecule has 20 heavy (non-hydrogen) atoms. The lowest BCUT2D eigenvalue weighted by Gasteiger charge is -2.26. The third-order valence-corrected chi connectivity index (χ3v) is 3.38. The van der Waals surface area contributed by atoms with E-state index >= 15 is 0 Å². The molecule has 1 unspecified atom stereocenters. The maximum atomic E-state index is 10.9. The van der Waals surface area contributed by atoms with Crippen molar-refractivity contribution < 1.29 is 19.8 Å². The van der Waals surface area contributed by atoms with E-state index in [1.54, 1.807) is 0 Å². The molecule has 1 aromatic heterocycles. The summed E-state index contributed by atoms with van der Waals surface area (Å²) in [5, 5.41) is 22.2. The van der Waals surface area contributed by atoms with E-state index in [4.69, 9.17) is 10.2 Å². The van der Waals surface area contributed by atoms with Crippen molar-refractivity contribution in [3.05, 3.63) is 17.0 Å².